The van der Waals surface area contributed by atoms with Gasteiger partial charge in [-0.3, -0.25) is 9.69 Å². The maximum Gasteiger partial charge on any atom is 0.232 e. The highest BCUT2D eigenvalue weighted by atomic mass is 35.5. The molecule has 42 heavy (non-hydrogen) atoms. The summed E-state index contributed by atoms with van der Waals surface area (Å²) in [5.74, 6) is 1.39. The van der Waals surface area contributed by atoms with Gasteiger partial charge in [-0.25, -0.2) is 0 Å². The number of likely N-dealkylation sites (N-methyl/N-ethyl adjacent to an activating group) is 1. The van der Waals surface area contributed by atoms with Gasteiger partial charge in [-0.2, -0.15) is 0 Å². The third kappa shape index (κ3) is 6.31. The molecule has 1 fully saturated rings. The number of halogens is 1. The second-order valence-corrected chi connectivity index (χ2v) is 12.4. The third-order valence-electron chi connectivity index (χ3n) is 9.04. The first-order chi connectivity index (χ1) is 20.2. The average molecular weight is 590 g/mol. The van der Waals surface area contributed by atoms with E-state index in [4.69, 9.17) is 21.1 Å². The Balaban J connectivity index is 1.51. The Morgan fingerprint density at radius 2 is 1.74 bits per heavy atom. The molecule has 0 radical (unpaired) electrons. The van der Waals surface area contributed by atoms with Gasteiger partial charge in [0.25, 0.3) is 0 Å². The van der Waals surface area contributed by atoms with Crippen molar-refractivity contribution in [2.24, 2.45) is 0 Å². The molecule has 2 aliphatic rings. The minimum Gasteiger partial charge on any atom is -0.493 e. The monoisotopic (exact) mass is 589 g/mol. The number of hydrogen-bond acceptors (Lipinski definition) is 5. The largest absolute Gasteiger partial charge is 0.493 e. The Bertz CT molecular complexity index is 1380. The molecule has 2 aliphatic heterocycles. The number of carbonyl (C=O) groups excluding carboxylic acids is 1. The van der Waals surface area contributed by atoms with Crippen LogP contribution in [0.2, 0.25) is 5.02 Å². The first kappa shape index (κ1) is 30.4. The van der Waals surface area contributed by atoms with Crippen LogP contribution in [-0.2, 0) is 11.2 Å². The van der Waals surface area contributed by atoms with Crippen LogP contribution in [0.1, 0.15) is 74.4 Å². The number of anilines is 1. The predicted molar refractivity (Wildman–Crippen MR) is 171 cm³/mol. The molecule has 0 aromatic heterocycles. The standard InChI is InChI=1S/C35H44ClN3O3/c1-7-23(2)42-33-21-31-27(19-32(33)41-6)20-34(40)39(35(31)26-10-14-28(36)15-11-26)29-16-12-25(13-17-29)24(3)38-18-8-9-30(22-38)37(4)5/h10-17,19,21,23-24,30,35H,7-9,18,20,22H2,1-6H3/t23-,24?,30+,35?/m1/s1. The molecule has 3 aromatic rings. The maximum atomic E-state index is 13.9. The van der Waals surface area contributed by atoms with Gasteiger partial charge in [0.1, 0.15) is 0 Å². The molecule has 1 amide bonds. The summed E-state index contributed by atoms with van der Waals surface area (Å²) in [5, 5.41) is 0.663. The van der Waals surface area contributed by atoms with Gasteiger partial charge in [0.2, 0.25) is 5.91 Å². The van der Waals surface area contributed by atoms with Gasteiger partial charge in [0.05, 0.1) is 25.7 Å². The highest BCUT2D eigenvalue weighted by Crippen LogP contribution is 2.44. The number of methoxy groups -OCH3 is 1. The Morgan fingerprint density at radius 1 is 1.02 bits per heavy atom. The van der Waals surface area contributed by atoms with Crippen molar-refractivity contribution in [1.29, 1.82) is 0 Å². The van der Waals surface area contributed by atoms with Crippen LogP contribution in [0.5, 0.6) is 11.5 Å². The Hall–Kier alpha value is -3.06. The van der Waals surface area contributed by atoms with Crippen molar-refractivity contribution < 1.29 is 14.3 Å². The van der Waals surface area contributed by atoms with Crippen LogP contribution in [0.15, 0.2) is 60.7 Å². The molecule has 6 nitrogen and oxygen atoms in total. The molecule has 1 saturated heterocycles. The van der Waals surface area contributed by atoms with Gasteiger partial charge in [0, 0.05) is 29.3 Å². The van der Waals surface area contributed by atoms with E-state index in [1.807, 2.05) is 35.2 Å². The summed E-state index contributed by atoms with van der Waals surface area (Å²) in [7, 11) is 5.99. The van der Waals surface area contributed by atoms with Crippen molar-refractivity contribution in [2.45, 2.75) is 70.7 Å². The number of likely N-dealkylation sites (tertiary alicyclic amines) is 1. The van der Waals surface area contributed by atoms with E-state index in [-0.39, 0.29) is 24.5 Å². The van der Waals surface area contributed by atoms with E-state index in [0.29, 0.717) is 28.6 Å². The molecule has 4 atom stereocenters. The van der Waals surface area contributed by atoms with E-state index >= 15 is 0 Å². The summed E-state index contributed by atoms with van der Waals surface area (Å²) in [6, 6.07) is 21.0. The maximum absolute atomic E-state index is 13.9. The molecular formula is C35H44ClN3O3. The second-order valence-electron chi connectivity index (χ2n) is 12.0. The minimum atomic E-state index is -0.324. The average Bonchev–Trinajstić information content (AvgIpc) is 3.00. The molecule has 0 aliphatic carbocycles. The van der Waals surface area contributed by atoms with Gasteiger partial charge in [-0.1, -0.05) is 42.8 Å². The topological polar surface area (TPSA) is 45.3 Å². The predicted octanol–water partition coefficient (Wildman–Crippen LogP) is 7.29. The number of benzene rings is 3. The Morgan fingerprint density at radius 3 is 2.38 bits per heavy atom. The van der Waals surface area contributed by atoms with E-state index in [1.165, 1.54) is 18.4 Å². The smallest absolute Gasteiger partial charge is 0.232 e. The first-order valence-electron chi connectivity index (χ1n) is 15.2. The number of nitrogens with zero attached hydrogens (tertiary/aromatic N) is 3. The molecule has 3 aromatic carbocycles. The van der Waals surface area contributed by atoms with Crippen LogP contribution in [-0.4, -0.2) is 62.1 Å². The molecule has 0 N–H and O–H groups in total. The van der Waals surface area contributed by atoms with Crippen molar-refractivity contribution in [1.82, 2.24) is 9.80 Å². The highest BCUT2D eigenvalue weighted by molar-refractivity contribution is 6.30. The summed E-state index contributed by atoms with van der Waals surface area (Å²) < 4.78 is 12.0. The molecule has 0 bridgehead atoms. The molecule has 2 unspecified atom stereocenters. The Kier molecular flexibility index (Phi) is 9.46. The number of amides is 1. The van der Waals surface area contributed by atoms with Crippen molar-refractivity contribution in [3.05, 3.63) is 87.9 Å². The van der Waals surface area contributed by atoms with Gasteiger partial charge < -0.3 is 19.3 Å². The zero-order valence-electron chi connectivity index (χ0n) is 25.8. The molecule has 0 saturated carbocycles. The van der Waals surface area contributed by atoms with E-state index in [2.05, 4.69) is 75.0 Å². The summed E-state index contributed by atoms with van der Waals surface area (Å²) in [6.07, 6.45) is 3.66. The number of fused-ring (bicyclic) bond motifs is 1. The van der Waals surface area contributed by atoms with Crippen LogP contribution in [0, 0.1) is 0 Å². The minimum absolute atomic E-state index is 0.0368. The molecule has 0 spiro atoms. The van der Waals surface area contributed by atoms with E-state index in [9.17, 15) is 4.79 Å². The van der Waals surface area contributed by atoms with Crippen LogP contribution >= 0.6 is 11.6 Å². The van der Waals surface area contributed by atoms with E-state index in [0.717, 1.165) is 41.9 Å². The lowest BCUT2D eigenvalue weighted by molar-refractivity contribution is -0.118. The van der Waals surface area contributed by atoms with Gasteiger partial charge in [-0.15, -0.1) is 0 Å². The SMILES string of the molecule is CC[C@@H](C)Oc1cc2c(cc1OC)CC(=O)N(c1ccc(C(C)N3CCC[C@H](N(C)C)C3)cc1)C2c1ccc(Cl)cc1. The highest BCUT2D eigenvalue weighted by Gasteiger charge is 2.36. The number of carbonyl (C=O) groups is 1. The van der Waals surface area contributed by atoms with Crippen LogP contribution < -0.4 is 14.4 Å². The van der Waals surface area contributed by atoms with Gasteiger partial charge in [0.15, 0.2) is 11.5 Å². The first-order valence-corrected chi connectivity index (χ1v) is 15.5. The van der Waals surface area contributed by atoms with Gasteiger partial charge >= 0.3 is 0 Å². The summed E-state index contributed by atoms with van der Waals surface area (Å²) in [4.78, 5) is 20.7. The fraction of sp³-hybridized carbons (Fsp3) is 0.457. The lowest BCUT2D eigenvalue weighted by Gasteiger charge is -2.40. The second kappa shape index (κ2) is 13.1. The van der Waals surface area contributed by atoms with E-state index in [1.54, 1.807) is 7.11 Å². The molecule has 224 valence electrons. The number of piperidine rings is 1. The zero-order chi connectivity index (χ0) is 30.0. The lowest BCUT2D eigenvalue weighted by Crippen LogP contribution is -2.45. The van der Waals surface area contributed by atoms with Crippen LogP contribution in [0.25, 0.3) is 0 Å². The van der Waals surface area contributed by atoms with Gasteiger partial charge in [-0.05, 0) is 112 Å². The quantitative estimate of drug-likeness (QED) is 0.262. The molecular weight excluding hydrogens is 546 g/mol. The normalized spacial score (nSPS) is 20.8. The molecule has 2 heterocycles. The van der Waals surface area contributed by atoms with Crippen LogP contribution in [0.4, 0.5) is 5.69 Å². The zero-order valence-corrected chi connectivity index (χ0v) is 26.5. The summed E-state index contributed by atoms with van der Waals surface area (Å²) in [5.41, 5.74) is 5.13. The summed E-state index contributed by atoms with van der Waals surface area (Å²) >= 11 is 6.28. The fourth-order valence-corrected chi connectivity index (χ4v) is 6.38. The lowest BCUT2D eigenvalue weighted by atomic mass is 9.86. The van der Waals surface area contributed by atoms with Crippen molar-refractivity contribution in [3.8, 4) is 11.5 Å². The fourth-order valence-electron chi connectivity index (χ4n) is 6.26. The van der Waals surface area contributed by atoms with E-state index < -0.39 is 0 Å². The Labute approximate surface area is 256 Å². The number of hydrogen-bond donors (Lipinski definition) is 0. The van der Waals surface area contributed by atoms with Crippen molar-refractivity contribution >= 4 is 23.2 Å². The van der Waals surface area contributed by atoms with Crippen molar-refractivity contribution in [2.75, 3.05) is 39.2 Å². The molecule has 7 heteroatoms. The summed E-state index contributed by atoms with van der Waals surface area (Å²) in [6.45, 7) is 8.62. The number of ether oxygens (including phenoxy) is 2. The van der Waals surface area contributed by atoms with Crippen molar-refractivity contribution in [3.63, 3.8) is 0 Å². The number of rotatable bonds is 9. The van der Waals surface area contributed by atoms with Crippen LogP contribution in [0.3, 0.4) is 0 Å². The third-order valence-corrected chi connectivity index (χ3v) is 9.29. The molecule has 5 rings (SSSR count).